The number of carbonyl (C=O) groups is 4. The van der Waals surface area contributed by atoms with Gasteiger partial charge in [0.15, 0.2) is 0 Å². The van der Waals surface area contributed by atoms with Crippen molar-refractivity contribution in [3.05, 3.63) is 79.5 Å². The maximum absolute atomic E-state index is 14.4. The number of aliphatic hydroxyl groups excluding tert-OH is 2. The van der Waals surface area contributed by atoms with Crippen LogP contribution in [0.4, 0.5) is 0 Å². The van der Waals surface area contributed by atoms with E-state index in [2.05, 4.69) is 10.6 Å². The predicted octanol–water partition coefficient (Wildman–Crippen LogP) is 4.15. The fraction of sp³-hybridized carbons (Fsp3) is 0.368. The number of aryl methyl sites for hydroxylation is 2. The van der Waals surface area contributed by atoms with Crippen molar-refractivity contribution in [2.75, 3.05) is 39.4 Å². The molecule has 15 heteroatoms. The first-order valence-corrected chi connectivity index (χ1v) is 21.5. The molecule has 0 bridgehead atoms. The molecule has 0 saturated carbocycles. The Labute approximate surface area is 332 Å². The van der Waals surface area contributed by atoms with Crippen LogP contribution < -0.4 is 18.2 Å². The first kappa shape index (κ1) is 39.4. The van der Waals surface area contributed by atoms with Crippen molar-refractivity contribution in [3.8, 4) is 22.3 Å². The van der Waals surface area contributed by atoms with E-state index >= 15 is 0 Å². The second-order valence-electron chi connectivity index (χ2n) is 13.0. The molecule has 2 saturated heterocycles. The number of hydrogen-bond donors (Lipinski definition) is 4. The van der Waals surface area contributed by atoms with Gasteiger partial charge in [-0.05, 0) is 0 Å². The van der Waals surface area contributed by atoms with Crippen LogP contribution in [0.25, 0.3) is 22.3 Å². The van der Waals surface area contributed by atoms with E-state index in [1.54, 1.807) is 46.2 Å². The molecule has 2 atom stereocenters. The first-order chi connectivity index (χ1) is 25.5. The van der Waals surface area contributed by atoms with Gasteiger partial charge in [0.2, 0.25) is 0 Å². The van der Waals surface area contributed by atoms with Gasteiger partial charge in [-0.2, -0.15) is 0 Å². The SMILES string of the molecule is Cc1sc([Se]c2sc(C)c(-c3cccc(Cl)c3)c2C(=O)NC(CO)C(=O)N2CCCC2)c(C(=O)NC(CO)C(=O)N2CCCC2)c1-c1cccc(Cl)c1. The quantitative estimate of drug-likeness (QED) is 0.158. The predicted molar refractivity (Wildman–Crippen MR) is 212 cm³/mol. The van der Waals surface area contributed by atoms with Crippen LogP contribution in [0.5, 0.6) is 0 Å². The molecule has 0 spiro atoms. The number of halogens is 2. The van der Waals surface area contributed by atoms with E-state index in [9.17, 15) is 29.4 Å². The summed E-state index contributed by atoms with van der Waals surface area (Å²) in [4.78, 5) is 60.5. The van der Waals surface area contributed by atoms with Crippen LogP contribution in [-0.2, 0) is 9.59 Å². The van der Waals surface area contributed by atoms with E-state index in [-0.39, 0.29) is 11.8 Å². The van der Waals surface area contributed by atoms with Gasteiger partial charge in [-0.3, -0.25) is 0 Å². The molecule has 4 amide bonds. The number of likely N-dealkylation sites (tertiary alicyclic amines) is 2. The molecule has 4 N–H and O–H groups in total. The molecule has 53 heavy (non-hydrogen) atoms. The molecule has 2 aromatic heterocycles. The zero-order valence-electron chi connectivity index (χ0n) is 29.2. The van der Waals surface area contributed by atoms with Gasteiger partial charge in [-0.1, -0.05) is 0 Å². The van der Waals surface area contributed by atoms with E-state index in [1.165, 1.54) is 22.7 Å². The summed E-state index contributed by atoms with van der Waals surface area (Å²) >= 11 is 15.1. The summed E-state index contributed by atoms with van der Waals surface area (Å²) in [5, 5.41) is 27.2. The zero-order valence-corrected chi connectivity index (χ0v) is 34.1. The van der Waals surface area contributed by atoms with E-state index < -0.39 is 52.1 Å². The van der Waals surface area contributed by atoms with Crippen LogP contribution in [0.1, 0.15) is 56.2 Å². The Morgan fingerprint density at radius 1 is 0.698 bits per heavy atom. The monoisotopic (exact) mass is 862 g/mol. The third-order valence-electron chi connectivity index (χ3n) is 9.38. The Kier molecular flexibility index (Phi) is 13.0. The average molecular weight is 863 g/mol. The Bertz CT molecular complexity index is 1880. The minimum atomic E-state index is -1.13. The second kappa shape index (κ2) is 17.5. The minimum absolute atomic E-state index is 0.331. The van der Waals surface area contributed by atoms with Gasteiger partial charge in [0.25, 0.3) is 0 Å². The van der Waals surface area contributed by atoms with E-state index in [4.69, 9.17) is 23.2 Å². The van der Waals surface area contributed by atoms with Gasteiger partial charge >= 0.3 is 335 Å². The number of nitrogens with zero attached hydrogens (tertiary/aromatic N) is 2. The molecular weight excluding hydrogens is 822 g/mol. The Morgan fingerprint density at radius 3 is 1.42 bits per heavy atom. The molecule has 2 fully saturated rings. The van der Waals surface area contributed by atoms with Crippen LogP contribution in [0.2, 0.25) is 10.0 Å². The number of aliphatic hydroxyl groups is 2. The van der Waals surface area contributed by atoms with Crippen molar-refractivity contribution in [1.29, 1.82) is 0 Å². The normalized spacial score (nSPS) is 15.4. The van der Waals surface area contributed by atoms with Gasteiger partial charge in [0.1, 0.15) is 0 Å². The molecule has 10 nitrogen and oxygen atoms in total. The van der Waals surface area contributed by atoms with Gasteiger partial charge < -0.3 is 0 Å². The number of rotatable bonds is 12. The number of carbonyl (C=O) groups excluding carboxylic acids is 4. The maximum atomic E-state index is 14.4. The molecule has 0 radical (unpaired) electrons. The van der Waals surface area contributed by atoms with Crippen molar-refractivity contribution < 1.29 is 29.4 Å². The van der Waals surface area contributed by atoms with E-state index in [1.807, 2.05) is 26.0 Å². The molecule has 4 aromatic rings. The second-order valence-corrected chi connectivity index (χ2v) is 19.6. The fourth-order valence-electron chi connectivity index (χ4n) is 6.81. The number of benzene rings is 2. The van der Waals surface area contributed by atoms with Crippen LogP contribution >= 0.6 is 45.9 Å². The average Bonchev–Trinajstić information content (AvgIpc) is 3.96. The van der Waals surface area contributed by atoms with Crippen LogP contribution in [0.15, 0.2) is 48.5 Å². The van der Waals surface area contributed by atoms with E-state index in [0.717, 1.165) is 46.6 Å². The summed E-state index contributed by atoms with van der Waals surface area (Å²) in [5.41, 5.74) is 3.45. The molecule has 2 unspecified atom stereocenters. The standard InChI is InChI=1S/C38H40Cl2N4O6S2Se/c1-21-29(23-9-7-11-25(39)17-23)31(33(47)41-27(19-45)35(49)43-13-3-4-14-43)37(51-21)53-38-32(30(22(2)52-38)24-10-8-12-26(40)18-24)34(48)42-28(20-46)36(50)44-15-5-6-16-44/h7-12,17-18,27-28,45-46H,3-6,13-16,19-20H2,1-2H3,(H,41,47)(H,42,48). The molecular formula is C38H40Cl2N4O6S2Se. The molecule has 2 aliphatic rings. The molecule has 0 aliphatic carbocycles. The topological polar surface area (TPSA) is 139 Å². The molecule has 280 valence electrons. The zero-order chi connectivity index (χ0) is 37.8. The summed E-state index contributed by atoms with van der Waals surface area (Å²) in [6.07, 6.45) is 3.47. The fourth-order valence-corrected chi connectivity index (χ4v) is 13.9. The van der Waals surface area contributed by atoms with Crippen molar-refractivity contribution in [2.45, 2.75) is 51.6 Å². The molecule has 4 heterocycles. The Hall–Kier alpha value is -3.26. The molecule has 6 rings (SSSR count). The van der Waals surface area contributed by atoms with Gasteiger partial charge in [-0.25, -0.2) is 0 Å². The summed E-state index contributed by atoms with van der Waals surface area (Å²) < 4.78 is 1.40. The summed E-state index contributed by atoms with van der Waals surface area (Å²) in [6.45, 7) is 5.00. The van der Waals surface area contributed by atoms with Crippen molar-refractivity contribution in [3.63, 3.8) is 0 Å². The third kappa shape index (κ3) is 8.68. The van der Waals surface area contributed by atoms with Gasteiger partial charge in [0, 0.05) is 0 Å². The van der Waals surface area contributed by atoms with Crippen molar-refractivity contribution in [2.24, 2.45) is 0 Å². The number of hydrogen-bond acceptors (Lipinski definition) is 8. The van der Waals surface area contributed by atoms with Crippen molar-refractivity contribution in [1.82, 2.24) is 20.4 Å². The van der Waals surface area contributed by atoms with Crippen LogP contribution in [0, 0.1) is 13.8 Å². The van der Waals surface area contributed by atoms with Crippen molar-refractivity contribution >= 4 is 92.0 Å². The van der Waals surface area contributed by atoms with Gasteiger partial charge in [-0.15, -0.1) is 0 Å². The van der Waals surface area contributed by atoms with E-state index in [0.29, 0.717) is 66.0 Å². The van der Waals surface area contributed by atoms with Crippen LogP contribution in [-0.4, -0.2) is 110 Å². The molecule has 2 aromatic carbocycles. The summed E-state index contributed by atoms with van der Waals surface area (Å²) in [5.74, 6) is -1.69. The Morgan fingerprint density at radius 2 is 1.08 bits per heavy atom. The number of amides is 4. The number of nitrogens with one attached hydrogen (secondary N) is 2. The third-order valence-corrected chi connectivity index (χ3v) is 15.2. The Balaban J connectivity index is 1.44. The molecule has 2 aliphatic heterocycles. The van der Waals surface area contributed by atoms with Gasteiger partial charge in [0.05, 0.1) is 0 Å². The van der Waals surface area contributed by atoms with Crippen LogP contribution in [0.3, 0.4) is 0 Å². The summed E-state index contributed by atoms with van der Waals surface area (Å²) in [6, 6.07) is 12.1. The number of thiophene rings is 2. The summed E-state index contributed by atoms with van der Waals surface area (Å²) in [7, 11) is 0. The first-order valence-electron chi connectivity index (χ1n) is 17.4.